The molecule has 1 N–H and O–H groups in total. The Balaban J connectivity index is 0.00000210. The van der Waals surface area contributed by atoms with Gasteiger partial charge in [-0.2, -0.15) is 4.31 Å². The first kappa shape index (κ1) is 26.0. The van der Waals surface area contributed by atoms with Crippen molar-refractivity contribution in [1.29, 1.82) is 0 Å². The molecule has 2 aliphatic rings. The number of carbonyl (C=O) groups is 1. The molecule has 1 unspecified atom stereocenters. The predicted octanol–water partition coefficient (Wildman–Crippen LogP) is 1.36. The first-order valence-corrected chi connectivity index (χ1v) is 11.2. The molecule has 10 heteroatoms. The highest BCUT2D eigenvalue weighted by atomic mass is 35.5. The minimum atomic E-state index is -3.56. The molecule has 0 spiro atoms. The summed E-state index contributed by atoms with van der Waals surface area (Å²) in [7, 11) is -1.67. The van der Waals surface area contributed by atoms with Gasteiger partial charge in [-0.3, -0.25) is 4.79 Å². The van der Waals surface area contributed by atoms with E-state index in [9.17, 15) is 13.2 Å². The second-order valence-corrected chi connectivity index (χ2v) is 9.50. The maximum atomic E-state index is 12.7. The zero-order valence-electron chi connectivity index (χ0n) is 17.0. The van der Waals surface area contributed by atoms with Crippen LogP contribution in [0.2, 0.25) is 0 Å². The van der Waals surface area contributed by atoms with E-state index in [1.807, 2.05) is 13.1 Å². The maximum absolute atomic E-state index is 12.7. The van der Waals surface area contributed by atoms with E-state index in [1.165, 1.54) is 9.87 Å². The number of nitrogens with one attached hydrogen (secondary N) is 1. The summed E-state index contributed by atoms with van der Waals surface area (Å²) < 4.78 is 26.9. The Morgan fingerprint density at radius 2 is 1.83 bits per heavy atom. The van der Waals surface area contributed by atoms with Gasteiger partial charge in [-0.15, -0.1) is 24.8 Å². The van der Waals surface area contributed by atoms with Gasteiger partial charge in [-0.1, -0.05) is 12.1 Å². The number of anilines is 1. The maximum Gasteiger partial charge on any atom is 0.239 e. The third-order valence-electron chi connectivity index (χ3n) is 5.44. The monoisotopic (exact) mass is 466 g/mol. The molecular weight excluding hydrogens is 435 g/mol. The standard InChI is InChI=1S/C19H30N4O3S.2ClH/c1-16-4-3-5-18(12-16)21-8-10-23(11-9-21)27(25,26)15-19(24)22-7-6-17(14-22)13-20-2;;/h3-5,12,17,20H,6-11,13-15H2,1-2H3;2*1H. The summed E-state index contributed by atoms with van der Waals surface area (Å²) in [5.74, 6) is -0.266. The number of hydrogen-bond donors (Lipinski definition) is 1. The summed E-state index contributed by atoms with van der Waals surface area (Å²) in [4.78, 5) is 16.4. The van der Waals surface area contributed by atoms with E-state index < -0.39 is 15.8 Å². The Kier molecular flexibility index (Phi) is 10.2. The topological polar surface area (TPSA) is 73.0 Å². The lowest BCUT2D eigenvalue weighted by Crippen LogP contribution is -2.50. The Morgan fingerprint density at radius 1 is 1.14 bits per heavy atom. The first-order valence-electron chi connectivity index (χ1n) is 9.61. The summed E-state index contributed by atoms with van der Waals surface area (Å²) in [6.07, 6.45) is 0.932. The van der Waals surface area contributed by atoms with Gasteiger partial charge in [0.25, 0.3) is 0 Å². The number of aryl methyl sites for hydroxylation is 1. The fraction of sp³-hybridized carbons (Fsp3) is 0.632. The van der Waals surface area contributed by atoms with Gasteiger partial charge in [0.05, 0.1) is 0 Å². The number of halogens is 2. The number of sulfonamides is 1. The van der Waals surface area contributed by atoms with Crippen molar-refractivity contribution in [3.8, 4) is 0 Å². The summed E-state index contributed by atoms with van der Waals surface area (Å²) >= 11 is 0. The number of hydrogen-bond acceptors (Lipinski definition) is 5. The Hall–Kier alpha value is -1.06. The van der Waals surface area contributed by atoms with Crippen LogP contribution in [0, 0.1) is 12.8 Å². The van der Waals surface area contributed by atoms with Crippen LogP contribution < -0.4 is 10.2 Å². The van der Waals surface area contributed by atoms with E-state index in [0.717, 1.165) is 18.7 Å². The van der Waals surface area contributed by atoms with Crippen LogP contribution in [0.4, 0.5) is 5.69 Å². The van der Waals surface area contributed by atoms with Crippen molar-refractivity contribution < 1.29 is 13.2 Å². The quantitative estimate of drug-likeness (QED) is 0.684. The SMILES string of the molecule is CNCC1CCN(C(=O)CS(=O)(=O)N2CCN(c3cccc(C)c3)CC2)C1.Cl.Cl. The molecule has 7 nitrogen and oxygen atoms in total. The summed E-state index contributed by atoms with van der Waals surface area (Å²) in [6, 6.07) is 8.23. The molecule has 0 saturated carbocycles. The highest BCUT2D eigenvalue weighted by Crippen LogP contribution is 2.20. The Bertz CT molecular complexity index is 770. The third kappa shape index (κ3) is 6.72. The van der Waals surface area contributed by atoms with Gasteiger partial charge in [-0.25, -0.2) is 8.42 Å². The van der Waals surface area contributed by atoms with Gasteiger partial charge in [0.2, 0.25) is 15.9 Å². The zero-order chi connectivity index (χ0) is 19.4. The van der Waals surface area contributed by atoms with Crippen LogP contribution in [0.15, 0.2) is 24.3 Å². The number of amides is 1. The van der Waals surface area contributed by atoms with Crippen LogP contribution in [0.1, 0.15) is 12.0 Å². The smallest absolute Gasteiger partial charge is 0.239 e. The fourth-order valence-corrected chi connectivity index (χ4v) is 5.30. The number of nitrogens with zero attached hydrogens (tertiary/aromatic N) is 3. The third-order valence-corrected chi connectivity index (χ3v) is 7.20. The summed E-state index contributed by atoms with van der Waals surface area (Å²) in [5, 5.41) is 3.12. The van der Waals surface area contributed by atoms with Crippen LogP contribution in [0.3, 0.4) is 0 Å². The Labute approximate surface area is 186 Å². The van der Waals surface area contributed by atoms with E-state index in [0.29, 0.717) is 45.2 Å². The fourth-order valence-electron chi connectivity index (χ4n) is 3.90. The number of carbonyl (C=O) groups excluding carboxylic acids is 1. The predicted molar refractivity (Wildman–Crippen MR) is 122 cm³/mol. The van der Waals surface area contributed by atoms with Crippen molar-refractivity contribution in [2.45, 2.75) is 13.3 Å². The molecule has 0 bridgehead atoms. The molecular formula is C19H32Cl2N4O3S. The second kappa shape index (κ2) is 11.4. The molecule has 0 aromatic heterocycles. The molecule has 1 atom stereocenters. The second-order valence-electron chi connectivity index (χ2n) is 7.53. The van der Waals surface area contributed by atoms with Crippen LogP contribution >= 0.6 is 24.8 Å². The number of rotatable bonds is 6. The van der Waals surface area contributed by atoms with Crippen molar-refractivity contribution >= 4 is 46.4 Å². The lowest BCUT2D eigenvalue weighted by molar-refractivity contribution is -0.127. The van der Waals surface area contributed by atoms with Crippen molar-refractivity contribution in [1.82, 2.24) is 14.5 Å². The van der Waals surface area contributed by atoms with Gasteiger partial charge in [-0.05, 0) is 50.6 Å². The molecule has 29 heavy (non-hydrogen) atoms. The van der Waals surface area contributed by atoms with Crippen molar-refractivity contribution in [2.75, 3.05) is 63.5 Å². The van der Waals surface area contributed by atoms with Gasteiger partial charge in [0.15, 0.2) is 0 Å². The summed E-state index contributed by atoms with van der Waals surface area (Å²) in [6.45, 7) is 6.35. The average Bonchev–Trinajstić information content (AvgIpc) is 3.11. The minimum Gasteiger partial charge on any atom is -0.369 e. The van der Waals surface area contributed by atoms with E-state index in [4.69, 9.17) is 0 Å². The average molecular weight is 467 g/mol. The number of benzene rings is 1. The van der Waals surface area contributed by atoms with Gasteiger partial charge in [0, 0.05) is 45.0 Å². The minimum absolute atomic E-state index is 0. The van der Waals surface area contributed by atoms with E-state index in [2.05, 4.69) is 35.3 Å². The van der Waals surface area contributed by atoms with Gasteiger partial charge < -0.3 is 15.1 Å². The highest BCUT2D eigenvalue weighted by molar-refractivity contribution is 7.89. The molecule has 1 amide bonds. The van der Waals surface area contributed by atoms with Crippen molar-refractivity contribution in [2.24, 2.45) is 5.92 Å². The largest absolute Gasteiger partial charge is 0.369 e. The molecule has 3 rings (SSSR count). The van der Waals surface area contributed by atoms with E-state index >= 15 is 0 Å². The molecule has 2 heterocycles. The van der Waals surface area contributed by atoms with Crippen molar-refractivity contribution in [3.05, 3.63) is 29.8 Å². The van der Waals surface area contributed by atoms with Crippen LogP contribution in [0.25, 0.3) is 0 Å². The van der Waals surface area contributed by atoms with Crippen LogP contribution in [-0.4, -0.2) is 82.1 Å². The summed E-state index contributed by atoms with van der Waals surface area (Å²) in [5.41, 5.74) is 2.31. The molecule has 1 aromatic carbocycles. The molecule has 166 valence electrons. The molecule has 2 saturated heterocycles. The van der Waals surface area contributed by atoms with Gasteiger partial charge >= 0.3 is 0 Å². The van der Waals surface area contributed by atoms with E-state index in [1.54, 1.807) is 4.90 Å². The number of piperazine rings is 1. The number of likely N-dealkylation sites (tertiary alicyclic amines) is 1. The zero-order valence-corrected chi connectivity index (χ0v) is 19.5. The lowest BCUT2D eigenvalue weighted by atomic mass is 10.1. The normalized spacial score (nSPS) is 20.1. The first-order chi connectivity index (χ1) is 12.9. The molecule has 2 fully saturated rings. The molecule has 2 aliphatic heterocycles. The molecule has 0 aliphatic carbocycles. The lowest BCUT2D eigenvalue weighted by Gasteiger charge is -2.35. The van der Waals surface area contributed by atoms with E-state index in [-0.39, 0.29) is 30.7 Å². The van der Waals surface area contributed by atoms with Crippen LogP contribution in [0.5, 0.6) is 0 Å². The Morgan fingerprint density at radius 3 is 2.45 bits per heavy atom. The van der Waals surface area contributed by atoms with Crippen LogP contribution in [-0.2, 0) is 14.8 Å². The highest BCUT2D eigenvalue weighted by Gasteiger charge is 2.33. The molecule has 1 aromatic rings. The van der Waals surface area contributed by atoms with Gasteiger partial charge in [0.1, 0.15) is 5.75 Å². The molecule has 0 radical (unpaired) electrons. The van der Waals surface area contributed by atoms with Crippen molar-refractivity contribution in [3.63, 3.8) is 0 Å².